The number of hydrogen-bond acceptors (Lipinski definition) is 1. The highest BCUT2D eigenvalue weighted by atomic mass is 19.1. The van der Waals surface area contributed by atoms with Gasteiger partial charge < -0.3 is 0 Å². The van der Waals surface area contributed by atoms with Crippen LogP contribution in [0.4, 0.5) is 4.39 Å². The molecule has 1 saturated carbocycles. The van der Waals surface area contributed by atoms with Gasteiger partial charge in [-0.15, -0.1) is 0 Å². The van der Waals surface area contributed by atoms with Crippen molar-refractivity contribution < 1.29 is 4.39 Å². The van der Waals surface area contributed by atoms with Gasteiger partial charge in [-0.3, -0.25) is 4.90 Å². The van der Waals surface area contributed by atoms with Crippen molar-refractivity contribution in [2.24, 2.45) is 11.8 Å². The SMILES string of the molecule is CCC1CC(CN2CC(F)C2)C1. The van der Waals surface area contributed by atoms with Gasteiger partial charge in [0.05, 0.1) is 0 Å². The third-order valence-electron chi connectivity index (χ3n) is 3.34. The van der Waals surface area contributed by atoms with Crippen LogP contribution in [0.25, 0.3) is 0 Å². The summed E-state index contributed by atoms with van der Waals surface area (Å²) in [7, 11) is 0. The molecule has 2 heteroatoms. The number of likely N-dealkylation sites (tertiary alicyclic amines) is 1. The molecule has 12 heavy (non-hydrogen) atoms. The lowest BCUT2D eigenvalue weighted by molar-refractivity contribution is 0.0254. The molecule has 0 spiro atoms. The number of rotatable bonds is 3. The van der Waals surface area contributed by atoms with E-state index in [1.54, 1.807) is 0 Å². The maximum absolute atomic E-state index is 12.4. The van der Waals surface area contributed by atoms with Gasteiger partial charge in [0, 0.05) is 19.6 Å². The smallest absolute Gasteiger partial charge is 0.125 e. The van der Waals surface area contributed by atoms with E-state index in [-0.39, 0.29) is 0 Å². The van der Waals surface area contributed by atoms with Crippen LogP contribution >= 0.6 is 0 Å². The van der Waals surface area contributed by atoms with Crippen LogP contribution in [-0.4, -0.2) is 30.7 Å². The van der Waals surface area contributed by atoms with Gasteiger partial charge in [0.1, 0.15) is 6.17 Å². The topological polar surface area (TPSA) is 3.24 Å². The fraction of sp³-hybridized carbons (Fsp3) is 1.00. The minimum absolute atomic E-state index is 0.521. The van der Waals surface area contributed by atoms with E-state index < -0.39 is 6.17 Å². The molecule has 2 fully saturated rings. The van der Waals surface area contributed by atoms with Gasteiger partial charge in [-0.1, -0.05) is 13.3 Å². The van der Waals surface area contributed by atoms with Crippen molar-refractivity contribution in [1.29, 1.82) is 0 Å². The molecule has 0 radical (unpaired) electrons. The summed E-state index contributed by atoms with van der Waals surface area (Å²) in [6.07, 6.45) is 3.60. The first-order chi connectivity index (χ1) is 5.78. The monoisotopic (exact) mass is 171 g/mol. The van der Waals surface area contributed by atoms with Crippen molar-refractivity contribution in [2.45, 2.75) is 32.4 Å². The molecule has 0 aromatic rings. The summed E-state index contributed by atoms with van der Waals surface area (Å²) >= 11 is 0. The first-order valence-corrected chi connectivity index (χ1v) is 5.14. The lowest BCUT2D eigenvalue weighted by Crippen LogP contribution is -2.51. The van der Waals surface area contributed by atoms with Crippen molar-refractivity contribution >= 4 is 0 Å². The molecule has 0 amide bonds. The van der Waals surface area contributed by atoms with E-state index in [1.807, 2.05) is 0 Å². The highest BCUT2D eigenvalue weighted by Gasteiger charge is 2.33. The number of nitrogens with zero attached hydrogens (tertiary/aromatic N) is 1. The summed E-state index contributed by atoms with van der Waals surface area (Å²) in [5, 5.41) is 0. The van der Waals surface area contributed by atoms with Crippen molar-refractivity contribution in [3.05, 3.63) is 0 Å². The summed E-state index contributed by atoms with van der Waals surface area (Å²) in [5.74, 6) is 1.87. The molecular formula is C10H18FN. The van der Waals surface area contributed by atoms with Crippen LogP contribution in [0.3, 0.4) is 0 Å². The molecule has 0 unspecified atom stereocenters. The second kappa shape index (κ2) is 3.33. The standard InChI is InChI=1S/C10H18FN/c1-2-8-3-9(4-8)5-12-6-10(11)7-12/h8-10H,2-7H2,1H3. The predicted octanol–water partition coefficient (Wildman–Crippen LogP) is 2.08. The number of alkyl halides is 1. The van der Waals surface area contributed by atoms with Crippen molar-refractivity contribution in [2.75, 3.05) is 19.6 Å². The molecule has 0 aromatic carbocycles. The van der Waals surface area contributed by atoms with E-state index in [1.165, 1.54) is 19.3 Å². The van der Waals surface area contributed by atoms with E-state index >= 15 is 0 Å². The molecule has 0 atom stereocenters. The Morgan fingerprint density at radius 3 is 2.42 bits per heavy atom. The van der Waals surface area contributed by atoms with Crippen LogP contribution in [-0.2, 0) is 0 Å². The molecule has 0 aromatic heterocycles. The second-order valence-corrected chi connectivity index (χ2v) is 4.43. The number of hydrogen-bond donors (Lipinski definition) is 0. The lowest BCUT2D eigenvalue weighted by atomic mass is 9.73. The summed E-state index contributed by atoms with van der Waals surface area (Å²) in [6.45, 7) is 4.83. The van der Waals surface area contributed by atoms with Gasteiger partial charge in [0.15, 0.2) is 0 Å². The Bertz CT molecular complexity index is 148. The third kappa shape index (κ3) is 1.63. The zero-order valence-corrected chi connectivity index (χ0v) is 7.80. The van der Waals surface area contributed by atoms with Crippen molar-refractivity contribution in [3.63, 3.8) is 0 Å². The maximum Gasteiger partial charge on any atom is 0.125 e. The zero-order chi connectivity index (χ0) is 8.55. The first kappa shape index (κ1) is 8.49. The molecule has 2 aliphatic rings. The highest BCUT2D eigenvalue weighted by molar-refractivity contribution is 4.86. The summed E-state index contributed by atoms with van der Waals surface area (Å²) < 4.78 is 12.4. The lowest BCUT2D eigenvalue weighted by Gasteiger charge is -2.42. The normalized spacial score (nSPS) is 37.5. The summed E-state index contributed by atoms with van der Waals surface area (Å²) in [5.41, 5.74) is 0. The minimum Gasteiger partial charge on any atom is -0.297 e. The van der Waals surface area contributed by atoms with E-state index in [9.17, 15) is 4.39 Å². The van der Waals surface area contributed by atoms with Crippen molar-refractivity contribution in [3.8, 4) is 0 Å². The Labute approximate surface area is 73.9 Å². The van der Waals surface area contributed by atoms with Crippen molar-refractivity contribution in [1.82, 2.24) is 4.90 Å². The molecule has 1 aliphatic carbocycles. The first-order valence-electron chi connectivity index (χ1n) is 5.14. The summed E-state index contributed by atoms with van der Waals surface area (Å²) in [4.78, 5) is 2.25. The zero-order valence-electron chi connectivity index (χ0n) is 7.80. The van der Waals surface area contributed by atoms with E-state index in [0.717, 1.165) is 18.4 Å². The van der Waals surface area contributed by atoms with Crippen LogP contribution in [0.5, 0.6) is 0 Å². The molecule has 0 bridgehead atoms. The molecule has 0 N–H and O–H groups in total. The van der Waals surface area contributed by atoms with Gasteiger partial charge in [-0.05, 0) is 24.7 Å². The van der Waals surface area contributed by atoms with Crippen LogP contribution in [0.15, 0.2) is 0 Å². The largest absolute Gasteiger partial charge is 0.297 e. The Morgan fingerprint density at radius 1 is 1.25 bits per heavy atom. The Kier molecular flexibility index (Phi) is 2.35. The molecule has 1 heterocycles. The van der Waals surface area contributed by atoms with Gasteiger partial charge in [-0.25, -0.2) is 4.39 Å². The fourth-order valence-electron chi connectivity index (χ4n) is 2.38. The Hall–Kier alpha value is -0.110. The highest BCUT2D eigenvalue weighted by Crippen LogP contribution is 2.36. The predicted molar refractivity (Wildman–Crippen MR) is 47.8 cm³/mol. The molecule has 70 valence electrons. The van der Waals surface area contributed by atoms with Crippen LogP contribution < -0.4 is 0 Å². The second-order valence-electron chi connectivity index (χ2n) is 4.43. The molecular weight excluding hydrogens is 153 g/mol. The molecule has 1 nitrogen and oxygen atoms in total. The molecule has 1 saturated heterocycles. The fourth-order valence-corrected chi connectivity index (χ4v) is 2.38. The van der Waals surface area contributed by atoms with Gasteiger partial charge in [-0.2, -0.15) is 0 Å². The van der Waals surface area contributed by atoms with Gasteiger partial charge >= 0.3 is 0 Å². The average molecular weight is 171 g/mol. The van der Waals surface area contributed by atoms with E-state index in [2.05, 4.69) is 11.8 Å². The van der Waals surface area contributed by atoms with Crippen LogP contribution in [0.1, 0.15) is 26.2 Å². The summed E-state index contributed by atoms with van der Waals surface area (Å²) in [6, 6.07) is 0. The van der Waals surface area contributed by atoms with E-state index in [0.29, 0.717) is 13.1 Å². The van der Waals surface area contributed by atoms with E-state index in [4.69, 9.17) is 0 Å². The van der Waals surface area contributed by atoms with Gasteiger partial charge in [0.2, 0.25) is 0 Å². The Balaban J connectivity index is 1.58. The number of halogens is 1. The minimum atomic E-state index is -0.521. The third-order valence-corrected chi connectivity index (χ3v) is 3.34. The maximum atomic E-state index is 12.4. The van der Waals surface area contributed by atoms with Crippen LogP contribution in [0.2, 0.25) is 0 Å². The van der Waals surface area contributed by atoms with Crippen LogP contribution in [0, 0.1) is 11.8 Å². The van der Waals surface area contributed by atoms with Gasteiger partial charge in [0.25, 0.3) is 0 Å². The molecule has 1 aliphatic heterocycles. The molecule has 2 rings (SSSR count). The Morgan fingerprint density at radius 2 is 1.92 bits per heavy atom. The quantitative estimate of drug-likeness (QED) is 0.628. The average Bonchev–Trinajstić information content (AvgIpc) is 1.91.